The van der Waals surface area contributed by atoms with Gasteiger partial charge < -0.3 is 10.6 Å². The van der Waals surface area contributed by atoms with Gasteiger partial charge in [0.2, 0.25) is 5.91 Å². The molecule has 14 heavy (non-hydrogen) atoms. The van der Waals surface area contributed by atoms with E-state index >= 15 is 0 Å². The highest BCUT2D eigenvalue weighted by Gasteiger charge is 2.06. The van der Waals surface area contributed by atoms with E-state index in [2.05, 4.69) is 15.6 Å². The van der Waals surface area contributed by atoms with E-state index in [1.807, 2.05) is 13.1 Å². The van der Waals surface area contributed by atoms with E-state index in [1.165, 1.54) is 4.88 Å². The number of aromatic nitrogens is 1. The largest absolute Gasteiger partial charge is 0.359 e. The minimum absolute atomic E-state index is 0.0642. The van der Waals surface area contributed by atoms with Crippen LogP contribution in [0.3, 0.4) is 0 Å². The lowest BCUT2D eigenvalue weighted by Crippen LogP contribution is -2.31. The van der Waals surface area contributed by atoms with E-state index in [-0.39, 0.29) is 11.9 Å². The summed E-state index contributed by atoms with van der Waals surface area (Å²) in [6.07, 6.45) is 2.35. The first-order valence-corrected chi connectivity index (χ1v) is 5.41. The van der Waals surface area contributed by atoms with Crippen LogP contribution in [0.1, 0.15) is 18.2 Å². The zero-order valence-electron chi connectivity index (χ0n) is 8.41. The summed E-state index contributed by atoms with van der Waals surface area (Å²) in [5, 5.41) is 5.86. The van der Waals surface area contributed by atoms with Gasteiger partial charge in [0.1, 0.15) is 0 Å². The molecule has 0 aromatic carbocycles. The first-order valence-electron chi connectivity index (χ1n) is 4.53. The van der Waals surface area contributed by atoms with Crippen LogP contribution in [0.15, 0.2) is 11.7 Å². The van der Waals surface area contributed by atoms with Crippen LogP contribution >= 0.6 is 11.3 Å². The third-order valence-corrected chi connectivity index (χ3v) is 2.66. The molecule has 1 unspecified atom stereocenters. The number of rotatable bonds is 5. The maximum Gasteiger partial charge on any atom is 0.221 e. The van der Waals surface area contributed by atoms with Crippen molar-refractivity contribution < 1.29 is 4.79 Å². The highest BCUT2D eigenvalue weighted by Crippen LogP contribution is 2.05. The van der Waals surface area contributed by atoms with Crippen molar-refractivity contribution in [3.8, 4) is 0 Å². The Labute approximate surface area is 87.7 Å². The summed E-state index contributed by atoms with van der Waals surface area (Å²) in [6.45, 7) is 2.78. The van der Waals surface area contributed by atoms with E-state index in [9.17, 15) is 4.79 Å². The number of nitrogens with zero attached hydrogens (tertiary/aromatic N) is 1. The van der Waals surface area contributed by atoms with E-state index in [0.717, 1.165) is 6.54 Å². The van der Waals surface area contributed by atoms with E-state index in [1.54, 1.807) is 23.9 Å². The van der Waals surface area contributed by atoms with Crippen molar-refractivity contribution in [3.05, 3.63) is 16.6 Å². The van der Waals surface area contributed by atoms with Crippen LogP contribution in [-0.4, -0.2) is 24.0 Å². The predicted octanol–water partition coefficient (Wildman–Crippen LogP) is 0.757. The summed E-state index contributed by atoms with van der Waals surface area (Å²) in [5.41, 5.74) is 1.81. The Morgan fingerprint density at radius 1 is 1.71 bits per heavy atom. The van der Waals surface area contributed by atoms with Crippen molar-refractivity contribution in [2.24, 2.45) is 0 Å². The lowest BCUT2D eigenvalue weighted by molar-refractivity contribution is -0.121. The van der Waals surface area contributed by atoms with Gasteiger partial charge in [-0.05, 0) is 6.92 Å². The van der Waals surface area contributed by atoms with Crippen LogP contribution in [0, 0.1) is 0 Å². The summed E-state index contributed by atoms with van der Waals surface area (Å²) in [4.78, 5) is 16.2. The second kappa shape index (κ2) is 5.72. The molecule has 1 aromatic heterocycles. The monoisotopic (exact) mass is 213 g/mol. The van der Waals surface area contributed by atoms with Crippen molar-refractivity contribution in [2.45, 2.75) is 25.9 Å². The van der Waals surface area contributed by atoms with Gasteiger partial charge in [0.25, 0.3) is 0 Å². The first kappa shape index (κ1) is 11.1. The molecule has 0 bridgehead atoms. The quantitative estimate of drug-likeness (QED) is 0.759. The highest BCUT2D eigenvalue weighted by molar-refractivity contribution is 7.09. The lowest BCUT2D eigenvalue weighted by Gasteiger charge is -2.11. The molecule has 0 aliphatic carbocycles. The van der Waals surface area contributed by atoms with Gasteiger partial charge in [-0.15, -0.1) is 11.3 Å². The minimum atomic E-state index is 0.0642. The fourth-order valence-corrected chi connectivity index (χ4v) is 1.60. The highest BCUT2D eigenvalue weighted by atomic mass is 32.1. The van der Waals surface area contributed by atoms with Crippen LogP contribution < -0.4 is 10.6 Å². The maximum atomic E-state index is 11.0. The molecule has 0 radical (unpaired) electrons. The average molecular weight is 213 g/mol. The van der Waals surface area contributed by atoms with Crippen LogP contribution in [0.2, 0.25) is 0 Å². The Morgan fingerprint density at radius 2 is 2.50 bits per heavy atom. The summed E-state index contributed by atoms with van der Waals surface area (Å²) in [6, 6.07) is 0.192. The number of nitrogens with one attached hydrogen (secondary N) is 2. The second-order valence-corrected chi connectivity index (χ2v) is 4.10. The zero-order valence-corrected chi connectivity index (χ0v) is 9.23. The number of amides is 1. The van der Waals surface area contributed by atoms with Crippen LogP contribution in [0.5, 0.6) is 0 Å². The molecule has 1 atom stereocenters. The van der Waals surface area contributed by atoms with E-state index < -0.39 is 0 Å². The Kier molecular flexibility index (Phi) is 4.55. The van der Waals surface area contributed by atoms with E-state index in [4.69, 9.17) is 0 Å². The zero-order chi connectivity index (χ0) is 10.4. The molecule has 0 saturated carbocycles. The van der Waals surface area contributed by atoms with Gasteiger partial charge in [0.05, 0.1) is 5.51 Å². The van der Waals surface area contributed by atoms with Gasteiger partial charge in [0, 0.05) is 37.1 Å². The van der Waals surface area contributed by atoms with Gasteiger partial charge in [-0.3, -0.25) is 9.78 Å². The third-order valence-electron chi connectivity index (χ3n) is 1.88. The van der Waals surface area contributed by atoms with Gasteiger partial charge in [-0.25, -0.2) is 0 Å². The SMILES string of the molecule is CNC(=O)CC(C)NCc1cncs1. The Balaban J connectivity index is 2.21. The van der Waals surface area contributed by atoms with Crippen LogP contribution in [0.25, 0.3) is 0 Å². The molecular weight excluding hydrogens is 198 g/mol. The summed E-state index contributed by atoms with van der Waals surface area (Å²) in [7, 11) is 1.65. The number of carbonyl (C=O) groups excluding carboxylic acids is 1. The number of carbonyl (C=O) groups is 1. The smallest absolute Gasteiger partial charge is 0.221 e. The van der Waals surface area contributed by atoms with Crippen molar-refractivity contribution >= 4 is 17.2 Å². The number of hydrogen-bond donors (Lipinski definition) is 2. The molecule has 2 N–H and O–H groups in total. The molecule has 0 aliphatic heterocycles. The average Bonchev–Trinajstić information content (AvgIpc) is 2.67. The molecule has 1 heterocycles. The first-order chi connectivity index (χ1) is 6.72. The van der Waals surface area contributed by atoms with Gasteiger partial charge in [-0.1, -0.05) is 0 Å². The molecule has 1 aromatic rings. The number of hydrogen-bond acceptors (Lipinski definition) is 4. The lowest BCUT2D eigenvalue weighted by atomic mass is 10.2. The summed E-state index contributed by atoms with van der Waals surface area (Å²) >= 11 is 1.62. The fourth-order valence-electron chi connectivity index (χ4n) is 1.06. The Hall–Kier alpha value is -0.940. The van der Waals surface area contributed by atoms with Crippen molar-refractivity contribution in [1.29, 1.82) is 0 Å². The van der Waals surface area contributed by atoms with Crippen LogP contribution in [0.4, 0.5) is 0 Å². The minimum Gasteiger partial charge on any atom is -0.359 e. The maximum absolute atomic E-state index is 11.0. The van der Waals surface area contributed by atoms with E-state index in [0.29, 0.717) is 6.42 Å². The van der Waals surface area contributed by atoms with Crippen molar-refractivity contribution in [1.82, 2.24) is 15.6 Å². The topological polar surface area (TPSA) is 54.0 Å². The molecule has 0 fully saturated rings. The molecule has 0 spiro atoms. The molecule has 78 valence electrons. The second-order valence-electron chi connectivity index (χ2n) is 3.13. The number of thiazole rings is 1. The molecule has 5 heteroatoms. The molecular formula is C9H15N3OS. The summed E-state index contributed by atoms with van der Waals surface area (Å²) in [5.74, 6) is 0.0642. The predicted molar refractivity (Wildman–Crippen MR) is 57.1 cm³/mol. The normalized spacial score (nSPS) is 12.4. The Bertz CT molecular complexity index is 274. The molecule has 4 nitrogen and oxygen atoms in total. The standard InChI is InChI=1S/C9H15N3OS/c1-7(3-9(13)10-2)12-5-8-4-11-6-14-8/h4,6-7,12H,3,5H2,1-2H3,(H,10,13). The fraction of sp³-hybridized carbons (Fsp3) is 0.556. The van der Waals surface area contributed by atoms with Gasteiger partial charge in [-0.2, -0.15) is 0 Å². The van der Waals surface area contributed by atoms with Crippen LogP contribution in [-0.2, 0) is 11.3 Å². The molecule has 0 aliphatic rings. The van der Waals surface area contributed by atoms with Gasteiger partial charge in [0.15, 0.2) is 0 Å². The van der Waals surface area contributed by atoms with Crippen molar-refractivity contribution in [3.63, 3.8) is 0 Å². The molecule has 0 saturated heterocycles. The summed E-state index contributed by atoms with van der Waals surface area (Å²) < 4.78 is 0. The van der Waals surface area contributed by atoms with Gasteiger partial charge >= 0.3 is 0 Å². The molecule has 1 rings (SSSR count). The Morgan fingerprint density at radius 3 is 3.07 bits per heavy atom. The third kappa shape index (κ3) is 3.85. The van der Waals surface area contributed by atoms with Crippen molar-refractivity contribution in [2.75, 3.05) is 7.05 Å². The molecule has 1 amide bonds.